The predicted octanol–water partition coefficient (Wildman–Crippen LogP) is 2.23. The molecule has 2 nitrogen and oxygen atoms in total. The molecule has 0 saturated heterocycles. The Morgan fingerprint density at radius 3 is 2.18 bits per heavy atom. The van der Waals surface area contributed by atoms with Gasteiger partial charge in [-0.05, 0) is 11.3 Å². The second kappa shape index (κ2) is 3.74. The van der Waals surface area contributed by atoms with E-state index in [-0.39, 0.29) is 11.4 Å². The molecule has 0 spiro atoms. The predicted molar refractivity (Wildman–Crippen MR) is 45.3 cm³/mol. The molecule has 0 radical (unpaired) electrons. The number of hydrogen-bond donors (Lipinski definition) is 0. The molecule has 0 N–H and O–H groups in total. The van der Waals surface area contributed by atoms with E-state index in [4.69, 9.17) is 0 Å². The third-order valence-corrected chi connectivity index (χ3v) is 2.39. The number of methoxy groups -OCH3 is 1. The first kappa shape index (κ1) is 10.5. The number of ether oxygens (including phenoxy) is 1. The lowest BCUT2D eigenvalue weighted by Gasteiger charge is -2.27. The zero-order chi connectivity index (χ0) is 9.07. The van der Waals surface area contributed by atoms with Gasteiger partial charge in [-0.15, -0.1) is 0 Å². The van der Waals surface area contributed by atoms with Gasteiger partial charge in [-0.2, -0.15) is 0 Å². The lowest BCUT2D eigenvalue weighted by molar-refractivity contribution is -0.143. The van der Waals surface area contributed by atoms with E-state index in [9.17, 15) is 4.79 Å². The van der Waals surface area contributed by atoms with E-state index in [1.165, 1.54) is 7.11 Å². The lowest BCUT2D eigenvalue weighted by Crippen LogP contribution is -2.23. The molecule has 0 unspecified atom stereocenters. The fourth-order valence-corrected chi connectivity index (χ4v) is 0.648. The van der Waals surface area contributed by atoms with Gasteiger partial charge < -0.3 is 4.74 Å². The van der Waals surface area contributed by atoms with Gasteiger partial charge in [-0.1, -0.05) is 27.7 Å². The summed E-state index contributed by atoms with van der Waals surface area (Å²) in [7, 11) is 1.43. The number of carbonyl (C=O) groups excluding carboxylic acids is 1. The average Bonchev–Trinajstić information content (AvgIpc) is 1.86. The van der Waals surface area contributed by atoms with E-state index >= 15 is 0 Å². The number of esters is 1. The van der Waals surface area contributed by atoms with E-state index < -0.39 is 0 Å². The highest BCUT2D eigenvalue weighted by atomic mass is 16.5. The summed E-state index contributed by atoms with van der Waals surface area (Å²) in [4.78, 5) is 10.9. The second-order valence-electron chi connectivity index (χ2n) is 3.90. The maximum atomic E-state index is 10.9. The van der Waals surface area contributed by atoms with Crippen molar-refractivity contribution in [2.75, 3.05) is 7.11 Å². The summed E-state index contributed by atoms with van der Waals surface area (Å²) in [5, 5.41) is 0. The monoisotopic (exact) mass is 158 g/mol. The van der Waals surface area contributed by atoms with Gasteiger partial charge in [0.15, 0.2) is 0 Å². The number of carbonyl (C=O) groups is 1. The van der Waals surface area contributed by atoms with E-state index in [1.54, 1.807) is 0 Å². The van der Waals surface area contributed by atoms with Crippen molar-refractivity contribution in [1.82, 2.24) is 0 Å². The van der Waals surface area contributed by atoms with Crippen LogP contribution in [0.2, 0.25) is 0 Å². The smallest absolute Gasteiger partial charge is 0.306 e. The van der Waals surface area contributed by atoms with Gasteiger partial charge in [0, 0.05) is 0 Å². The van der Waals surface area contributed by atoms with Gasteiger partial charge in [-0.25, -0.2) is 0 Å². The summed E-state index contributed by atoms with van der Waals surface area (Å²) in [5.74, 6) is 0.380. The Labute approximate surface area is 68.9 Å². The minimum absolute atomic E-state index is 0.0487. The molecule has 0 aromatic heterocycles. The molecule has 0 aliphatic rings. The molecule has 0 bridgehead atoms. The molecule has 0 saturated carbocycles. The molecule has 2 heteroatoms. The highest BCUT2D eigenvalue weighted by molar-refractivity contribution is 5.69. The molecule has 0 aromatic carbocycles. The Balaban J connectivity index is 4.01. The molecule has 0 rings (SSSR count). The van der Waals surface area contributed by atoms with Crippen LogP contribution in [0.15, 0.2) is 0 Å². The molecule has 66 valence electrons. The minimum Gasteiger partial charge on any atom is -0.469 e. The van der Waals surface area contributed by atoms with Crippen LogP contribution in [0.3, 0.4) is 0 Å². The van der Waals surface area contributed by atoms with Crippen LogP contribution in [0.5, 0.6) is 0 Å². The Morgan fingerprint density at radius 1 is 1.45 bits per heavy atom. The summed E-state index contributed by atoms with van der Waals surface area (Å²) in [6, 6.07) is 0. The van der Waals surface area contributed by atoms with Crippen LogP contribution >= 0.6 is 0 Å². The molecule has 0 fully saturated rings. The molecule has 11 heavy (non-hydrogen) atoms. The van der Waals surface area contributed by atoms with Gasteiger partial charge in [0.05, 0.1) is 13.5 Å². The van der Waals surface area contributed by atoms with E-state index in [0.717, 1.165) is 0 Å². The van der Waals surface area contributed by atoms with Crippen molar-refractivity contribution in [2.24, 2.45) is 11.3 Å². The Hall–Kier alpha value is -0.530. The van der Waals surface area contributed by atoms with Crippen molar-refractivity contribution in [1.29, 1.82) is 0 Å². The molecule has 0 aliphatic carbocycles. The largest absolute Gasteiger partial charge is 0.469 e. The number of rotatable bonds is 3. The van der Waals surface area contributed by atoms with Crippen LogP contribution in [0.4, 0.5) is 0 Å². The van der Waals surface area contributed by atoms with Gasteiger partial charge in [-0.3, -0.25) is 4.79 Å². The SMILES string of the molecule is COC(=O)CC(C)(C)C(C)C. The first-order chi connectivity index (χ1) is 4.90. The Bertz CT molecular complexity index is 136. The highest BCUT2D eigenvalue weighted by Crippen LogP contribution is 2.29. The zero-order valence-corrected chi connectivity index (χ0v) is 8.10. The van der Waals surface area contributed by atoms with Crippen LogP contribution < -0.4 is 0 Å². The van der Waals surface area contributed by atoms with Crippen molar-refractivity contribution in [3.8, 4) is 0 Å². The molecule has 0 amide bonds. The maximum Gasteiger partial charge on any atom is 0.306 e. The van der Waals surface area contributed by atoms with Gasteiger partial charge in [0.25, 0.3) is 0 Å². The Kier molecular flexibility index (Phi) is 3.56. The highest BCUT2D eigenvalue weighted by Gasteiger charge is 2.25. The summed E-state index contributed by atoms with van der Waals surface area (Å²) < 4.78 is 4.60. The molecular weight excluding hydrogens is 140 g/mol. The van der Waals surface area contributed by atoms with E-state index in [1.807, 2.05) is 0 Å². The molecule has 0 aromatic rings. The minimum atomic E-state index is -0.122. The standard InChI is InChI=1S/C9H18O2/c1-7(2)9(3,4)6-8(10)11-5/h7H,6H2,1-5H3. The molecular formula is C9H18O2. The molecule has 0 atom stereocenters. The molecule has 0 heterocycles. The van der Waals surface area contributed by atoms with Crippen LogP contribution in [0.1, 0.15) is 34.1 Å². The van der Waals surface area contributed by atoms with E-state index in [0.29, 0.717) is 12.3 Å². The Morgan fingerprint density at radius 2 is 1.91 bits per heavy atom. The van der Waals surface area contributed by atoms with Gasteiger partial charge >= 0.3 is 5.97 Å². The van der Waals surface area contributed by atoms with Crippen LogP contribution in [-0.2, 0) is 9.53 Å². The topological polar surface area (TPSA) is 26.3 Å². The molecule has 0 aliphatic heterocycles. The van der Waals surface area contributed by atoms with Gasteiger partial charge in [0.2, 0.25) is 0 Å². The zero-order valence-electron chi connectivity index (χ0n) is 8.10. The van der Waals surface area contributed by atoms with Crippen LogP contribution in [-0.4, -0.2) is 13.1 Å². The van der Waals surface area contributed by atoms with Crippen molar-refractivity contribution in [3.63, 3.8) is 0 Å². The lowest BCUT2D eigenvalue weighted by atomic mass is 9.78. The van der Waals surface area contributed by atoms with Crippen molar-refractivity contribution >= 4 is 5.97 Å². The summed E-state index contributed by atoms with van der Waals surface area (Å²) in [6.45, 7) is 8.38. The normalized spacial score (nSPS) is 11.8. The summed E-state index contributed by atoms with van der Waals surface area (Å²) in [6.07, 6.45) is 0.501. The number of hydrogen-bond acceptors (Lipinski definition) is 2. The van der Waals surface area contributed by atoms with Crippen molar-refractivity contribution in [3.05, 3.63) is 0 Å². The fourth-order valence-electron chi connectivity index (χ4n) is 0.648. The summed E-state index contributed by atoms with van der Waals surface area (Å²) >= 11 is 0. The third kappa shape index (κ3) is 3.40. The quantitative estimate of drug-likeness (QED) is 0.589. The first-order valence-electron chi connectivity index (χ1n) is 3.97. The van der Waals surface area contributed by atoms with E-state index in [2.05, 4.69) is 32.4 Å². The first-order valence-corrected chi connectivity index (χ1v) is 3.97. The fraction of sp³-hybridized carbons (Fsp3) is 0.889. The second-order valence-corrected chi connectivity index (χ2v) is 3.90. The summed E-state index contributed by atoms with van der Waals surface area (Å²) in [5.41, 5.74) is 0.0487. The maximum absolute atomic E-state index is 10.9. The van der Waals surface area contributed by atoms with Crippen LogP contribution in [0.25, 0.3) is 0 Å². The third-order valence-electron chi connectivity index (χ3n) is 2.39. The average molecular weight is 158 g/mol. The van der Waals surface area contributed by atoms with Crippen molar-refractivity contribution < 1.29 is 9.53 Å². The van der Waals surface area contributed by atoms with Crippen molar-refractivity contribution in [2.45, 2.75) is 34.1 Å². The van der Waals surface area contributed by atoms with Gasteiger partial charge in [0.1, 0.15) is 0 Å². The van der Waals surface area contributed by atoms with Crippen LogP contribution in [0, 0.1) is 11.3 Å².